The number of rotatable bonds is 1. The predicted molar refractivity (Wildman–Crippen MR) is 90.3 cm³/mol. The first-order valence-corrected chi connectivity index (χ1v) is 7.83. The smallest absolute Gasteiger partial charge is 0.399 e. The van der Waals surface area contributed by atoms with E-state index < -0.39 is 18.3 Å². The van der Waals surface area contributed by atoms with Crippen molar-refractivity contribution >= 4 is 23.6 Å². The molecule has 0 bridgehead atoms. The Balaban J connectivity index is 0.000000924. The van der Waals surface area contributed by atoms with Crippen LogP contribution in [0, 0.1) is 11.3 Å². The van der Waals surface area contributed by atoms with Crippen molar-refractivity contribution in [1.82, 2.24) is 14.8 Å². The highest BCUT2D eigenvalue weighted by atomic mass is 16.7. The molecule has 0 amide bonds. The molecule has 0 radical (unpaired) electrons. The van der Waals surface area contributed by atoms with Crippen molar-refractivity contribution in [1.29, 1.82) is 5.26 Å². The second-order valence-electron chi connectivity index (χ2n) is 6.30. The van der Waals surface area contributed by atoms with Gasteiger partial charge < -0.3 is 9.31 Å². The van der Waals surface area contributed by atoms with Gasteiger partial charge in [0.15, 0.2) is 5.65 Å². The summed E-state index contributed by atoms with van der Waals surface area (Å²) in [7, 11) is 1.27. The van der Waals surface area contributed by atoms with Gasteiger partial charge in [-0.2, -0.15) is 10.4 Å². The maximum atomic E-state index is 9.17. The molecule has 122 valence electrons. The lowest BCUT2D eigenvalue weighted by atomic mass is 9.77. The first-order chi connectivity index (χ1) is 10.7. The molecule has 6 nitrogen and oxygen atoms in total. The Labute approximate surface area is 137 Å². The van der Waals surface area contributed by atoms with Crippen LogP contribution in [-0.4, -0.2) is 33.1 Å². The lowest BCUT2D eigenvalue weighted by Gasteiger charge is -2.32. The van der Waals surface area contributed by atoms with E-state index in [1.165, 1.54) is 0 Å². The fourth-order valence-corrected chi connectivity index (χ4v) is 2.36. The summed E-state index contributed by atoms with van der Waals surface area (Å²) < 4.78 is 13.8. The molecule has 1 saturated heterocycles. The predicted octanol–water partition coefficient (Wildman–Crippen LogP) is 2.17. The molecule has 3 rings (SSSR count). The second kappa shape index (κ2) is 5.95. The average molecular weight is 314 g/mol. The summed E-state index contributed by atoms with van der Waals surface area (Å²) in [5.41, 5.74) is 0.919. The van der Waals surface area contributed by atoms with E-state index in [9.17, 15) is 5.26 Å². The average Bonchev–Trinajstić information content (AvgIpc) is 2.98. The molecule has 0 aromatic carbocycles. The first kappa shape index (κ1) is 17.4. The van der Waals surface area contributed by atoms with Crippen molar-refractivity contribution in [3.63, 3.8) is 0 Å². The molecule has 2 aromatic heterocycles. The van der Waals surface area contributed by atoms with Crippen LogP contribution in [0.4, 0.5) is 0 Å². The van der Waals surface area contributed by atoms with Crippen LogP contribution in [0.2, 0.25) is 0 Å². The Bertz CT molecular complexity index is 745. The van der Waals surface area contributed by atoms with E-state index in [2.05, 4.69) is 16.2 Å². The lowest BCUT2D eigenvalue weighted by molar-refractivity contribution is 0.00578. The normalized spacial score (nSPS) is 18.4. The van der Waals surface area contributed by atoms with Crippen LogP contribution in [-0.2, 0) is 16.4 Å². The van der Waals surface area contributed by atoms with Gasteiger partial charge in [-0.1, -0.05) is 13.8 Å². The number of aryl methyl sites for hydroxylation is 1. The monoisotopic (exact) mass is 314 g/mol. The number of hydrogen-bond acceptors (Lipinski definition) is 5. The largest absolute Gasteiger partial charge is 0.495 e. The molecule has 3 heterocycles. The number of nitrogens with zero attached hydrogens (tertiary/aromatic N) is 4. The van der Waals surface area contributed by atoms with Crippen molar-refractivity contribution in [3.05, 3.63) is 18.0 Å². The maximum Gasteiger partial charge on any atom is 0.495 e. The standard InChI is InChI=1S/C14H17BN4O2.C2H6/c1-13(2)14(3,4)21-15(20-13)11-6-9(7-16)18-12-10(11)8-17-19(12)5;1-2/h6,8H,1-5H3;1-2H3. The van der Waals surface area contributed by atoms with Crippen molar-refractivity contribution in [2.45, 2.75) is 52.7 Å². The van der Waals surface area contributed by atoms with Gasteiger partial charge in [0, 0.05) is 12.4 Å². The summed E-state index contributed by atoms with van der Waals surface area (Å²) in [6.07, 6.45) is 1.73. The molecule has 0 spiro atoms. The van der Waals surface area contributed by atoms with Gasteiger partial charge >= 0.3 is 7.12 Å². The number of nitriles is 1. The molecule has 0 N–H and O–H groups in total. The van der Waals surface area contributed by atoms with Gasteiger partial charge in [-0.25, -0.2) is 4.98 Å². The Kier molecular flexibility index (Phi) is 4.51. The summed E-state index contributed by atoms with van der Waals surface area (Å²) in [4.78, 5) is 4.29. The molecule has 1 fully saturated rings. The summed E-state index contributed by atoms with van der Waals surface area (Å²) >= 11 is 0. The van der Waals surface area contributed by atoms with E-state index in [0.717, 1.165) is 10.8 Å². The zero-order chi connectivity index (χ0) is 17.4. The number of hydrogen-bond donors (Lipinski definition) is 0. The Morgan fingerprint density at radius 3 is 2.26 bits per heavy atom. The number of pyridine rings is 1. The van der Waals surface area contributed by atoms with Gasteiger partial charge in [-0.15, -0.1) is 0 Å². The molecule has 1 aliphatic rings. The molecule has 0 saturated carbocycles. The van der Waals surface area contributed by atoms with Gasteiger partial charge in [-0.05, 0) is 39.2 Å². The summed E-state index contributed by atoms with van der Waals surface area (Å²) in [6, 6.07) is 3.79. The SMILES string of the molecule is CC.Cn1ncc2c(B3OC(C)(C)C(C)(C)O3)cc(C#N)nc21. The van der Waals surface area contributed by atoms with Crippen LogP contribution in [0.15, 0.2) is 12.3 Å². The highest BCUT2D eigenvalue weighted by molar-refractivity contribution is 6.65. The van der Waals surface area contributed by atoms with Crippen molar-refractivity contribution < 1.29 is 9.31 Å². The third kappa shape index (κ3) is 2.84. The maximum absolute atomic E-state index is 9.17. The topological polar surface area (TPSA) is 73.0 Å². The van der Waals surface area contributed by atoms with E-state index in [4.69, 9.17) is 9.31 Å². The van der Waals surface area contributed by atoms with Crippen molar-refractivity contribution in [3.8, 4) is 6.07 Å². The minimum Gasteiger partial charge on any atom is -0.399 e. The lowest BCUT2D eigenvalue weighted by Crippen LogP contribution is -2.41. The molecule has 0 atom stereocenters. The first-order valence-electron chi connectivity index (χ1n) is 7.83. The van der Waals surface area contributed by atoms with Gasteiger partial charge in [0.1, 0.15) is 11.8 Å². The third-order valence-corrected chi connectivity index (χ3v) is 4.36. The van der Waals surface area contributed by atoms with Gasteiger partial charge in [0.2, 0.25) is 0 Å². The minimum absolute atomic E-state index is 0.329. The fraction of sp³-hybridized carbons (Fsp3) is 0.562. The summed E-state index contributed by atoms with van der Waals surface area (Å²) in [5.74, 6) is 0. The molecule has 0 unspecified atom stereocenters. The Morgan fingerprint density at radius 2 is 1.74 bits per heavy atom. The molecule has 2 aromatic rings. The molecule has 7 heteroatoms. The second-order valence-corrected chi connectivity index (χ2v) is 6.30. The van der Waals surface area contributed by atoms with E-state index in [0.29, 0.717) is 11.3 Å². The van der Waals surface area contributed by atoms with Gasteiger partial charge in [0.05, 0.1) is 17.4 Å². The molecular formula is C16H23BN4O2. The quantitative estimate of drug-likeness (QED) is 0.754. The minimum atomic E-state index is -0.531. The van der Waals surface area contributed by atoms with Crippen LogP contribution in [0.5, 0.6) is 0 Å². The summed E-state index contributed by atoms with van der Waals surface area (Å²) in [5, 5.41) is 14.2. The molecular weight excluding hydrogens is 291 g/mol. The molecule has 23 heavy (non-hydrogen) atoms. The van der Waals surface area contributed by atoms with E-state index >= 15 is 0 Å². The molecule has 0 aliphatic carbocycles. The number of fused-ring (bicyclic) bond motifs is 1. The fourth-order valence-electron chi connectivity index (χ4n) is 2.36. The Hall–Kier alpha value is -1.91. The summed E-state index contributed by atoms with van der Waals surface area (Å²) in [6.45, 7) is 12.0. The van der Waals surface area contributed by atoms with Gasteiger partial charge in [-0.3, -0.25) is 4.68 Å². The highest BCUT2D eigenvalue weighted by Gasteiger charge is 2.52. The van der Waals surface area contributed by atoms with Crippen LogP contribution in [0.25, 0.3) is 11.0 Å². The zero-order valence-corrected chi connectivity index (χ0v) is 14.8. The van der Waals surface area contributed by atoms with Crippen LogP contribution in [0.1, 0.15) is 47.2 Å². The Morgan fingerprint density at radius 1 is 1.17 bits per heavy atom. The van der Waals surface area contributed by atoms with E-state index in [1.54, 1.807) is 24.0 Å². The van der Waals surface area contributed by atoms with Crippen LogP contribution < -0.4 is 5.46 Å². The molecule has 1 aliphatic heterocycles. The van der Waals surface area contributed by atoms with Gasteiger partial charge in [0.25, 0.3) is 0 Å². The van der Waals surface area contributed by atoms with Crippen molar-refractivity contribution in [2.24, 2.45) is 7.05 Å². The van der Waals surface area contributed by atoms with Crippen LogP contribution >= 0.6 is 0 Å². The van der Waals surface area contributed by atoms with E-state index in [-0.39, 0.29) is 0 Å². The highest BCUT2D eigenvalue weighted by Crippen LogP contribution is 2.36. The van der Waals surface area contributed by atoms with E-state index in [1.807, 2.05) is 41.5 Å². The van der Waals surface area contributed by atoms with Crippen LogP contribution in [0.3, 0.4) is 0 Å². The third-order valence-electron chi connectivity index (χ3n) is 4.36. The zero-order valence-electron chi connectivity index (χ0n) is 14.8. The number of aromatic nitrogens is 3. The van der Waals surface area contributed by atoms with Crippen molar-refractivity contribution in [2.75, 3.05) is 0 Å².